The van der Waals surface area contributed by atoms with Crippen molar-refractivity contribution in [2.24, 2.45) is 0 Å². The lowest BCUT2D eigenvalue weighted by Crippen LogP contribution is -2.42. The molecule has 0 fully saturated rings. The normalized spacial score (nSPS) is 13.3. The van der Waals surface area contributed by atoms with Crippen molar-refractivity contribution in [3.8, 4) is 11.5 Å². The standard InChI is InChI=1S/C19H24N2O3S/c1-4-15-5-6-16(25-15)11-20-19(22)21-8-7-13-9-17(23-2)18(24-3)10-14(13)12-21/h5-6,9-10H,4,7-8,11-12H2,1-3H3,(H,20,22). The monoisotopic (exact) mass is 360 g/mol. The van der Waals surface area contributed by atoms with Crippen LogP contribution in [-0.4, -0.2) is 31.7 Å². The van der Waals surface area contributed by atoms with Crippen LogP contribution in [0, 0.1) is 0 Å². The first-order chi connectivity index (χ1) is 12.1. The maximum Gasteiger partial charge on any atom is 0.318 e. The summed E-state index contributed by atoms with van der Waals surface area (Å²) in [4.78, 5) is 16.9. The Morgan fingerprint density at radius 1 is 1.16 bits per heavy atom. The molecule has 25 heavy (non-hydrogen) atoms. The molecular formula is C19H24N2O3S. The Bertz CT molecular complexity index is 757. The number of benzene rings is 1. The molecule has 0 radical (unpaired) electrons. The van der Waals surface area contributed by atoms with Crippen molar-refractivity contribution in [2.45, 2.75) is 32.9 Å². The fourth-order valence-corrected chi connectivity index (χ4v) is 3.94. The predicted octanol–water partition coefficient (Wildman–Crippen LogP) is 3.60. The molecule has 0 atom stereocenters. The van der Waals surface area contributed by atoms with Crippen molar-refractivity contribution in [1.29, 1.82) is 0 Å². The van der Waals surface area contributed by atoms with E-state index in [4.69, 9.17) is 9.47 Å². The molecular weight excluding hydrogens is 336 g/mol. The molecule has 0 aliphatic carbocycles. The van der Waals surface area contributed by atoms with Gasteiger partial charge in [0, 0.05) is 22.8 Å². The van der Waals surface area contributed by atoms with E-state index in [1.165, 1.54) is 15.3 Å². The number of carbonyl (C=O) groups excluding carboxylic acids is 1. The highest BCUT2D eigenvalue weighted by atomic mass is 32.1. The van der Waals surface area contributed by atoms with Crippen LogP contribution in [0.25, 0.3) is 0 Å². The van der Waals surface area contributed by atoms with E-state index >= 15 is 0 Å². The molecule has 3 rings (SSSR count). The van der Waals surface area contributed by atoms with Crippen molar-refractivity contribution in [3.05, 3.63) is 45.1 Å². The van der Waals surface area contributed by atoms with E-state index in [2.05, 4.69) is 24.4 Å². The van der Waals surface area contributed by atoms with Crippen LogP contribution in [-0.2, 0) is 25.9 Å². The molecule has 2 aromatic rings. The summed E-state index contributed by atoms with van der Waals surface area (Å²) in [5.74, 6) is 1.44. The Balaban J connectivity index is 1.64. The number of carbonyl (C=O) groups is 1. The van der Waals surface area contributed by atoms with Crippen LogP contribution < -0.4 is 14.8 Å². The number of hydrogen-bond acceptors (Lipinski definition) is 4. The second kappa shape index (κ2) is 7.78. The van der Waals surface area contributed by atoms with Crippen LogP contribution in [0.4, 0.5) is 4.79 Å². The van der Waals surface area contributed by atoms with Gasteiger partial charge in [0.15, 0.2) is 11.5 Å². The predicted molar refractivity (Wildman–Crippen MR) is 99.6 cm³/mol. The van der Waals surface area contributed by atoms with Gasteiger partial charge in [-0.15, -0.1) is 11.3 Å². The number of urea groups is 1. The Morgan fingerprint density at radius 3 is 2.48 bits per heavy atom. The van der Waals surface area contributed by atoms with Crippen LogP contribution in [0.5, 0.6) is 11.5 Å². The van der Waals surface area contributed by atoms with E-state index in [0.717, 1.165) is 24.2 Å². The van der Waals surface area contributed by atoms with Crippen LogP contribution in [0.2, 0.25) is 0 Å². The van der Waals surface area contributed by atoms with E-state index in [0.29, 0.717) is 25.4 Å². The van der Waals surface area contributed by atoms with Crippen molar-refractivity contribution < 1.29 is 14.3 Å². The van der Waals surface area contributed by atoms with Crippen LogP contribution in [0.1, 0.15) is 27.8 Å². The second-order valence-corrected chi connectivity index (χ2v) is 7.28. The molecule has 0 saturated heterocycles. The molecule has 0 bridgehead atoms. The summed E-state index contributed by atoms with van der Waals surface area (Å²) in [7, 11) is 3.27. The smallest absolute Gasteiger partial charge is 0.318 e. The van der Waals surface area contributed by atoms with E-state index in [9.17, 15) is 4.79 Å². The number of thiophene rings is 1. The summed E-state index contributed by atoms with van der Waals surface area (Å²) in [6.45, 7) is 4.02. The van der Waals surface area contributed by atoms with Crippen molar-refractivity contribution in [1.82, 2.24) is 10.2 Å². The highest BCUT2D eigenvalue weighted by Crippen LogP contribution is 2.33. The highest BCUT2D eigenvalue weighted by Gasteiger charge is 2.22. The summed E-state index contributed by atoms with van der Waals surface area (Å²) in [6, 6.07) is 8.18. The molecule has 1 aliphatic rings. The van der Waals surface area contributed by atoms with Gasteiger partial charge in [-0.2, -0.15) is 0 Å². The number of methoxy groups -OCH3 is 2. The van der Waals surface area contributed by atoms with Crippen LogP contribution in [0.3, 0.4) is 0 Å². The lowest BCUT2D eigenvalue weighted by Gasteiger charge is -2.29. The van der Waals surface area contributed by atoms with Gasteiger partial charge < -0.3 is 19.7 Å². The molecule has 0 saturated carbocycles. The average Bonchev–Trinajstić information content (AvgIpc) is 3.12. The zero-order valence-corrected chi connectivity index (χ0v) is 15.7. The molecule has 1 aromatic heterocycles. The largest absolute Gasteiger partial charge is 0.493 e. The zero-order chi connectivity index (χ0) is 17.8. The third kappa shape index (κ3) is 3.90. The van der Waals surface area contributed by atoms with E-state index in [-0.39, 0.29) is 6.03 Å². The zero-order valence-electron chi connectivity index (χ0n) is 14.9. The van der Waals surface area contributed by atoms with Gasteiger partial charge >= 0.3 is 6.03 Å². The highest BCUT2D eigenvalue weighted by molar-refractivity contribution is 7.11. The number of amides is 2. The van der Waals surface area contributed by atoms with Gasteiger partial charge in [-0.3, -0.25) is 0 Å². The molecule has 1 N–H and O–H groups in total. The minimum Gasteiger partial charge on any atom is -0.493 e. The molecule has 5 nitrogen and oxygen atoms in total. The lowest BCUT2D eigenvalue weighted by molar-refractivity contribution is 0.192. The van der Waals surface area contributed by atoms with Gasteiger partial charge in [0.05, 0.1) is 20.8 Å². The molecule has 2 amide bonds. The van der Waals surface area contributed by atoms with Gasteiger partial charge in [0.25, 0.3) is 0 Å². The van der Waals surface area contributed by atoms with Crippen LogP contribution in [0.15, 0.2) is 24.3 Å². The second-order valence-electron chi connectivity index (χ2n) is 6.03. The Kier molecular flexibility index (Phi) is 5.48. The fraction of sp³-hybridized carbons (Fsp3) is 0.421. The first kappa shape index (κ1) is 17.6. The van der Waals surface area contributed by atoms with Crippen molar-refractivity contribution in [3.63, 3.8) is 0 Å². The number of hydrogen-bond donors (Lipinski definition) is 1. The first-order valence-corrected chi connectivity index (χ1v) is 9.30. The first-order valence-electron chi connectivity index (χ1n) is 8.48. The summed E-state index contributed by atoms with van der Waals surface area (Å²) < 4.78 is 10.7. The van der Waals surface area contributed by atoms with Gasteiger partial charge in [-0.1, -0.05) is 6.92 Å². The molecule has 1 aliphatic heterocycles. The number of rotatable bonds is 5. The Labute approximate surface area is 152 Å². The number of aryl methyl sites for hydroxylation is 1. The van der Waals surface area contributed by atoms with Crippen molar-refractivity contribution >= 4 is 17.4 Å². The SMILES string of the molecule is CCc1ccc(CNC(=O)N2CCc3cc(OC)c(OC)cc3C2)s1. The lowest BCUT2D eigenvalue weighted by atomic mass is 9.99. The van der Waals surface area contributed by atoms with Crippen LogP contribution >= 0.6 is 11.3 Å². The molecule has 2 heterocycles. The number of ether oxygens (including phenoxy) is 2. The summed E-state index contributed by atoms with van der Waals surface area (Å²) in [5.41, 5.74) is 2.33. The molecule has 6 heteroatoms. The molecule has 134 valence electrons. The molecule has 0 unspecified atom stereocenters. The topological polar surface area (TPSA) is 50.8 Å². The minimum atomic E-state index is -0.0214. The number of fused-ring (bicyclic) bond motifs is 1. The summed E-state index contributed by atoms with van der Waals surface area (Å²) in [5, 5.41) is 3.03. The maximum atomic E-state index is 12.5. The Hall–Kier alpha value is -2.21. The number of nitrogens with zero attached hydrogens (tertiary/aromatic N) is 1. The third-order valence-electron chi connectivity index (χ3n) is 4.48. The summed E-state index contributed by atoms with van der Waals surface area (Å²) >= 11 is 1.76. The van der Waals surface area contributed by atoms with Gasteiger partial charge in [0.1, 0.15) is 0 Å². The third-order valence-corrected chi connectivity index (χ3v) is 5.71. The van der Waals surface area contributed by atoms with Gasteiger partial charge in [-0.05, 0) is 48.2 Å². The number of nitrogens with one attached hydrogen (secondary N) is 1. The minimum absolute atomic E-state index is 0.0214. The fourth-order valence-electron chi connectivity index (χ4n) is 3.04. The average molecular weight is 360 g/mol. The van der Waals surface area contributed by atoms with E-state index < -0.39 is 0 Å². The van der Waals surface area contributed by atoms with Crippen molar-refractivity contribution in [2.75, 3.05) is 20.8 Å². The summed E-state index contributed by atoms with van der Waals surface area (Å²) in [6.07, 6.45) is 1.86. The molecule has 0 spiro atoms. The maximum absolute atomic E-state index is 12.5. The van der Waals surface area contributed by atoms with E-state index in [1.807, 2.05) is 17.0 Å². The molecule has 1 aromatic carbocycles. The van der Waals surface area contributed by atoms with Gasteiger partial charge in [-0.25, -0.2) is 4.79 Å². The Morgan fingerprint density at radius 2 is 1.84 bits per heavy atom. The van der Waals surface area contributed by atoms with Gasteiger partial charge in [0.2, 0.25) is 0 Å². The quantitative estimate of drug-likeness (QED) is 0.886. The van der Waals surface area contributed by atoms with E-state index in [1.54, 1.807) is 25.6 Å².